The van der Waals surface area contributed by atoms with Gasteiger partial charge in [-0.3, -0.25) is 4.79 Å². The molecule has 0 aliphatic rings. The molecule has 0 saturated heterocycles. The number of esters is 1. The summed E-state index contributed by atoms with van der Waals surface area (Å²) in [5.41, 5.74) is -1.20. The van der Waals surface area contributed by atoms with Crippen LogP contribution in [0.2, 0.25) is 0 Å². The lowest BCUT2D eigenvalue weighted by molar-refractivity contribution is -0.154. The van der Waals surface area contributed by atoms with Crippen LogP contribution < -0.4 is 0 Å². The van der Waals surface area contributed by atoms with Crippen LogP contribution in [-0.4, -0.2) is 52.5 Å². The van der Waals surface area contributed by atoms with E-state index in [9.17, 15) is 20.1 Å². The van der Waals surface area contributed by atoms with Crippen molar-refractivity contribution in [3.63, 3.8) is 0 Å². The maximum Gasteiger partial charge on any atom is 0.321 e. The number of unbranched alkanes of at least 4 members (excludes halogenated alkanes) is 9. The zero-order valence-corrected chi connectivity index (χ0v) is 19.0. The summed E-state index contributed by atoms with van der Waals surface area (Å²) in [5.74, 6) is -0.423. The van der Waals surface area contributed by atoms with Crippen LogP contribution in [-0.2, 0) is 9.53 Å². The Balaban J connectivity index is 4.23. The Hall–Kier alpha value is -0.300. The average molecular weight is 421 g/mol. The standard InChI is InChI=1S/C22H44O5S/c1-3-5-6-7-8-9-10-11-12-13-15-22(28,14-4-2)20(26)27-19-21(16-23,17-24)18-25/h23-25,28H,3-19H2,1-2H3. The van der Waals surface area contributed by atoms with Gasteiger partial charge in [0.25, 0.3) is 0 Å². The van der Waals surface area contributed by atoms with Gasteiger partial charge in [-0.25, -0.2) is 0 Å². The molecular weight excluding hydrogens is 376 g/mol. The normalized spacial score (nSPS) is 14.1. The van der Waals surface area contributed by atoms with Crippen molar-refractivity contribution in [3.05, 3.63) is 0 Å². The Bertz CT molecular complexity index is 379. The van der Waals surface area contributed by atoms with Crippen molar-refractivity contribution >= 4 is 18.6 Å². The van der Waals surface area contributed by atoms with E-state index in [1.807, 2.05) is 6.92 Å². The van der Waals surface area contributed by atoms with Crippen molar-refractivity contribution in [2.75, 3.05) is 26.4 Å². The minimum atomic E-state index is -1.20. The molecule has 168 valence electrons. The highest BCUT2D eigenvalue weighted by molar-refractivity contribution is 7.82. The number of hydrogen-bond donors (Lipinski definition) is 4. The summed E-state index contributed by atoms with van der Waals surface area (Å²) in [4.78, 5) is 12.6. The van der Waals surface area contributed by atoms with E-state index in [-0.39, 0.29) is 6.61 Å². The Morgan fingerprint density at radius 3 is 1.64 bits per heavy atom. The monoisotopic (exact) mass is 420 g/mol. The number of thiol groups is 1. The van der Waals surface area contributed by atoms with Crippen molar-refractivity contribution in [1.29, 1.82) is 0 Å². The van der Waals surface area contributed by atoms with Crippen molar-refractivity contribution in [2.24, 2.45) is 5.41 Å². The van der Waals surface area contributed by atoms with Gasteiger partial charge in [-0.2, -0.15) is 12.6 Å². The minimum Gasteiger partial charge on any atom is -0.464 e. The number of carbonyl (C=O) groups is 1. The van der Waals surface area contributed by atoms with Crippen LogP contribution in [0.3, 0.4) is 0 Å². The Labute approximate surface area is 177 Å². The highest BCUT2D eigenvalue weighted by atomic mass is 32.1. The Kier molecular flexibility index (Phi) is 16.3. The van der Waals surface area contributed by atoms with E-state index in [2.05, 4.69) is 19.6 Å². The minimum absolute atomic E-state index is 0.209. The largest absolute Gasteiger partial charge is 0.464 e. The molecule has 3 N–H and O–H groups in total. The summed E-state index contributed by atoms with van der Waals surface area (Å²) in [6.07, 6.45) is 14.5. The molecule has 0 aromatic heterocycles. The van der Waals surface area contributed by atoms with Crippen LogP contribution in [0, 0.1) is 5.41 Å². The molecular formula is C22H44O5S. The summed E-state index contributed by atoms with van der Waals surface area (Å²) in [7, 11) is 0. The maximum absolute atomic E-state index is 12.6. The topological polar surface area (TPSA) is 87.0 Å². The van der Waals surface area contributed by atoms with Gasteiger partial charge in [0.15, 0.2) is 0 Å². The van der Waals surface area contributed by atoms with Gasteiger partial charge < -0.3 is 20.1 Å². The molecule has 1 unspecified atom stereocenters. The zero-order valence-electron chi connectivity index (χ0n) is 18.1. The number of rotatable bonds is 19. The molecule has 6 heteroatoms. The molecule has 0 saturated carbocycles. The first kappa shape index (κ1) is 27.7. The van der Waals surface area contributed by atoms with Crippen molar-refractivity contribution < 1.29 is 24.9 Å². The van der Waals surface area contributed by atoms with Crippen LogP contribution in [0.5, 0.6) is 0 Å². The lowest BCUT2D eigenvalue weighted by atomic mass is 9.92. The molecule has 0 aromatic carbocycles. The lowest BCUT2D eigenvalue weighted by Gasteiger charge is -2.31. The van der Waals surface area contributed by atoms with E-state index in [4.69, 9.17) is 4.74 Å². The summed E-state index contributed by atoms with van der Waals surface area (Å²) < 4.78 is 4.50. The van der Waals surface area contributed by atoms with Gasteiger partial charge in [-0.15, -0.1) is 0 Å². The van der Waals surface area contributed by atoms with Crippen LogP contribution in [0.15, 0.2) is 0 Å². The number of ether oxygens (including phenoxy) is 1. The van der Waals surface area contributed by atoms with E-state index in [0.29, 0.717) is 12.8 Å². The second-order valence-electron chi connectivity index (χ2n) is 8.26. The second kappa shape index (κ2) is 16.5. The van der Waals surface area contributed by atoms with Gasteiger partial charge >= 0.3 is 5.97 Å². The van der Waals surface area contributed by atoms with Crippen LogP contribution in [0.4, 0.5) is 0 Å². The molecule has 0 bridgehead atoms. The Morgan fingerprint density at radius 1 is 0.750 bits per heavy atom. The van der Waals surface area contributed by atoms with Gasteiger partial charge in [0.1, 0.15) is 11.4 Å². The Morgan fingerprint density at radius 2 is 1.21 bits per heavy atom. The molecule has 0 amide bonds. The molecule has 5 nitrogen and oxygen atoms in total. The summed E-state index contributed by atoms with van der Waals surface area (Å²) in [6, 6.07) is 0. The predicted octanol–water partition coefficient (Wildman–Crippen LogP) is 4.27. The number of hydrogen-bond acceptors (Lipinski definition) is 6. The molecule has 0 rings (SSSR count). The van der Waals surface area contributed by atoms with Crippen molar-refractivity contribution in [2.45, 2.75) is 102 Å². The molecule has 0 fully saturated rings. The number of aliphatic hydroxyl groups excluding tert-OH is 3. The molecule has 0 radical (unpaired) electrons. The van der Waals surface area contributed by atoms with Crippen LogP contribution >= 0.6 is 12.6 Å². The summed E-state index contributed by atoms with van der Waals surface area (Å²) in [5, 5.41) is 28.1. The smallest absolute Gasteiger partial charge is 0.321 e. The maximum atomic E-state index is 12.6. The van der Waals surface area contributed by atoms with Gasteiger partial charge in [0.2, 0.25) is 0 Å². The second-order valence-corrected chi connectivity index (χ2v) is 9.12. The van der Waals surface area contributed by atoms with Crippen molar-refractivity contribution in [1.82, 2.24) is 0 Å². The van der Waals surface area contributed by atoms with E-state index in [1.165, 1.54) is 51.4 Å². The molecule has 0 heterocycles. The first-order chi connectivity index (χ1) is 13.4. The molecule has 0 spiro atoms. The third-order valence-electron chi connectivity index (χ3n) is 5.50. The van der Waals surface area contributed by atoms with Gasteiger partial charge in [0, 0.05) is 0 Å². The third-order valence-corrected chi connectivity index (χ3v) is 6.13. The number of aliphatic hydroxyl groups is 3. The molecule has 28 heavy (non-hydrogen) atoms. The van der Waals surface area contributed by atoms with E-state index < -0.39 is 36.0 Å². The number of carbonyl (C=O) groups excluding carboxylic acids is 1. The molecule has 0 aliphatic carbocycles. The fourth-order valence-corrected chi connectivity index (χ4v) is 3.73. The van der Waals surface area contributed by atoms with Crippen LogP contribution in [0.1, 0.15) is 97.3 Å². The first-order valence-corrected chi connectivity index (χ1v) is 11.6. The quantitative estimate of drug-likeness (QED) is 0.142. The SMILES string of the molecule is CCCCCCCCCCCCC(S)(CCC)C(=O)OCC(CO)(CO)CO. The summed E-state index contributed by atoms with van der Waals surface area (Å²) in [6.45, 7) is 2.70. The molecule has 0 aromatic rings. The van der Waals surface area contributed by atoms with E-state index in [0.717, 1.165) is 19.3 Å². The highest BCUT2D eigenvalue weighted by Crippen LogP contribution is 2.31. The fourth-order valence-electron chi connectivity index (χ4n) is 3.29. The van der Waals surface area contributed by atoms with Gasteiger partial charge in [-0.05, 0) is 12.8 Å². The van der Waals surface area contributed by atoms with Crippen LogP contribution in [0.25, 0.3) is 0 Å². The lowest BCUT2D eigenvalue weighted by Crippen LogP contribution is -2.42. The third kappa shape index (κ3) is 11.0. The van der Waals surface area contributed by atoms with Crippen molar-refractivity contribution in [3.8, 4) is 0 Å². The summed E-state index contributed by atoms with van der Waals surface area (Å²) >= 11 is 4.64. The predicted molar refractivity (Wildman–Crippen MR) is 118 cm³/mol. The van der Waals surface area contributed by atoms with E-state index >= 15 is 0 Å². The average Bonchev–Trinajstić information content (AvgIpc) is 2.71. The molecule has 0 aliphatic heterocycles. The fraction of sp³-hybridized carbons (Fsp3) is 0.955. The van der Waals surface area contributed by atoms with E-state index in [1.54, 1.807) is 0 Å². The first-order valence-electron chi connectivity index (χ1n) is 11.2. The van der Waals surface area contributed by atoms with Gasteiger partial charge in [0.05, 0.1) is 25.2 Å². The van der Waals surface area contributed by atoms with Gasteiger partial charge in [-0.1, -0.05) is 84.5 Å². The highest BCUT2D eigenvalue weighted by Gasteiger charge is 2.37. The zero-order chi connectivity index (χ0) is 21.3. The molecule has 1 atom stereocenters.